The number of ether oxygens (including phenoxy) is 3. The third-order valence-corrected chi connectivity index (χ3v) is 5.73. The monoisotopic (exact) mass is 470 g/mol. The minimum atomic E-state index is -0.410. The molecule has 0 atom stereocenters. The van der Waals surface area contributed by atoms with E-state index in [1.165, 1.54) is 44.8 Å². The summed E-state index contributed by atoms with van der Waals surface area (Å²) in [5, 5.41) is 7.06. The van der Waals surface area contributed by atoms with Crippen molar-refractivity contribution in [2.75, 3.05) is 26.6 Å². The van der Waals surface area contributed by atoms with Gasteiger partial charge in [0.1, 0.15) is 10.7 Å². The molecule has 0 spiro atoms. The Morgan fingerprint density at radius 1 is 1.03 bits per heavy atom. The SMILES string of the molecule is COc1cc(C(=O)Nc2nc(C)c(-c3nc(-c4ccc(F)cc4)no3)s2)cc(OC)c1OC. The summed E-state index contributed by atoms with van der Waals surface area (Å²) in [7, 11) is 4.43. The molecule has 0 aliphatic heterocycles. The molecule has 1 amide bonds. The number of thiazole rings is 1. The molecule has 0 unspecified atom stereocenters. The third kappa shape index (κ3) is 4.48. The molecule has 2 heterocycles. The third-order valence-electron chi connectivity index (χ3n) is 4.67. The van der Waals surface area contributed by atoms with Crippen molar-refractivity contribution in [2.45, 2.75) is 6.92 Å². The van der Waals surface area contributed by atoms with E-state index in [-0.39, 0.29) is 11.7 Å². The molecule has 0 saturated carbocycles. The fraction of sp³-hybridized carbons (Fsp3) is 0.182. The van der Waals surface area contributed by atoms with E-state index in [0.29, 0.717) is 49.9 Å². The van der Waals surface area contributed by atoms with Crippen LogP contribution in [0.25, 0.3) is 22.2 Å². The van der Waals surface area contributed by atoms with Crippen LogP contribution in [0.15, 0.2) is 40.9 Å². The van der Waals surface area contributed by atoms with E-state index in [0.717, 1.165) is 0 Å². The molecule has 0 aliphatic rings. The molecule has 2 aromatic carbocycles. The molecule has 0 bridgehead atoms. The maximum Gasteiger partial charge on any atom is 0.270 e. The molecule has 0 fully saturated rings. The van der Waals surface area contributed by atoms with Crippen LogP contribution in [0.1, 0.15) is 16.1 Å². The lowest BCUT2D eigenvalue weighted by Gasteiger charge is -2.13. The topological polar surface area (TPSA) is 109 Å². The van der Waals surface area contributed by atoms with Gasteiger partial charge in [0.05, 0.1) is 27.0 Å². The van der Waals surface area contributed by atoms with Crippen LogP contribution in [0.2, 0.25) is 0 Å². The predicted molar refractivity (Wildman–Crippen MR) is 120 cm³/mol. The first-order valence-corrected chi connectivity index (χ1v) is 10.4. The van der Waals surface area contributed by atoms with Crippen molar-refractivity contribution in [3.8, 4) is 39.4 Å². The smallest absolute Gasteiger partial charge is 0.270 e. The minimum Gasteiger partial charge on any atom is -0.493 e. The maximum atomic E-state index is 13.2. The Labute approximate surface area is 192 Å². The van der Waals surface area contributed by atoms with Gasteiger partial charge in [0.15, 0.2) is 16.6 Å². The van der Waals surface area contributed by atoms with Crippen molar-refractivity contribution in [1.82, 2.24) is 15.1 Å². The van der Waals surface area contributed by atoms with Gasteiger partial charge in [-0.25, -0.2) is 9.37 Å². The number of carbonyl (C=O) groups is 1. The van der Waals surface area contributed by atoms with Gasteiger partial charge in [0.2, 0.25) is 11.6 Å². The second-order valence-electron chi connectivity index (χ2n) is 6.73. The minimum absolute atomic E-state index is 0.248. The Bertz CT molecular complexity index is 1280. The summed E-state index contributed by atoms with van der Waals surface area (Å²) in [6.07, 6.45) is 0. The summed E-state index contributed by atoms with van der Waals surface area (Å²) < 4.78 is 34.4. The summed E-state index contributed by atoms with van der Waals surface area (Å²) in [5.41, 5.74) is 1.52. The first-order valence-electron chi connectivity index (χ1n) is 9.62. The highest BCUT2D eigenvalue weighted by Crippen LogP contribution is 2.39. The number of nitrogens with zero attached hydrogens (tertiary/aromatic N) is 3. The number of amides is 1. The van der Waals surface area contributed by atoms with E-state index in [4.69, 9.17) is 18.7 Å². The number of anilines is 1. The van der Waals surface area contributed by atoms with E-state index in [2.05, 4.69) is 20.4 Å². The van der Waals surface area contributed by atoms with Gasteiger partial charge in [0.25, 0.3) is 11.8 Å². The zero-order valence-electron chi connectivity index (χ0n) is 18.1. The summed E-state index contributed by atoms with van der Waals surface area (Å²) >= 11 is 1.19. The molecular formula is C22H19FN4O5S. The van der Waals surface area contributed by atoms with Crippen molar-refractivity contribution >= 4 is 22.4 Å². The number of benzene rings is 2. The van der Waals surface area contributed by atoms with Crippen LogP contribution < -0.4 is 19.5 Å². The van der Waals surface area contributed by atoms with E-state index in [1.807, 2.05) is 0 Å². The second-order valence-corrected chi connectivity index (χ2v) is 7.73. The quantitative estimate of drug-likeness (QED) is 0.418. The molecule has 170 valence electrons. The van der Waals surface area contributed by atoms with Crippen LogP contribution in [0.4, 0.5) is 9.52 Å². The summed E-state index contributed by atoms with van der Waals surface area (Å²) in [5.74, 6) is 0.908. The van der Waals surface area contributed by atoms with Gasteiger partial charge in [-0.3, -0.25) is 10.1 Å². The molecule has 0 saturated heterocycles. The average Bonchev–Trinajstić information content (AvgIpc) is 3.45. The number of halogens is 1. The highest BCUT2D eigenvalue weighted by molar-refractivity contribution is 7.19. The fourth-order valence-electron chi connectivity index (χ4n) is 3.06. The van der Waals surface area contributed by atoms with Crippen molar-refractivity contribution < 1.29 is 27.9 Å². The molecule has 4 aromatic rings. The fourth-order valence-corrected chi connectivity index (χ4v) is 3.94. The number of hydrogen-bond donors (Lipinski definition) is 1. The molecule has 0 radical (unpaired) electrons. The zero-order chi connectivity index (χ0) is 23.5. The van der Waals surface area contributed by atoms with Gasteiger partial charge in [-0.05, 0) is 43.3 Å². The average molecular weight is 470 g/mol. The van der Waals surface area contributed by atoms with Crippen LogP contribution in [-0.4, -0.2) is 42.4 Å². The second kappa shape index (κ2) is 9.25. The van der Waals surface area contributed by atoms with Crippen molar-refractivity contribution in [1.29, 1.82) is 0 Å². The molecule has 11 heteroatoms. The summed E-state index contributed by atoms with van der Waals surface area (Å²) in [4.78, 5) is 22.2. The Balaban J connectivity index is 1.57. The summed E-state index contributed by atoms with van der Waals surface area (Å²) in [6.45, 7) is 1.77. The van der Waals surface area contributed by atoms with E-state index in [9.17, 15) is 9.18 Å². The van der Waals surface area contributed by atoms with E-state index in [1.54, 1.807) is 31.2 Å². The predicted octanol–water partition coefficient (Wildman–Crippen LogP) is 4.59. The molecule has 33 heavy (non-hydrogen) atoms. The number of aryl methyl sites for hydroxylation is 1. The van der Waals surface area contributed by atoms with Gasteiger partial charge in [-0.15, -0.1) is 0 Å². The number of carbonyl (C=O) groups excluding carboxylic acids is 1. The Morgan fingerprint density at radius 2 is 1.70 bits per heavy atom. The van der Waals surface area contributed by atoms with Crippen LogP contribution in [0, 0.1) is 12.7 Å². The van der Waals surface area contributed by atoms with Crippen molar-refractivity contribution in [2.24, 2.45) is 0 Å². The lowest BCUT2D eigenvalue weighted by Crippen LogP contribution is -2.12. The van der Waals surface area contributed by atoms with Gasteiger partial charge >= 0.3 is 0 Å². The van der Waals surface area contributed by atoms with Crippen LogP contribution in [-0.2, 0) is 0 Å². The molecule has 1 N–H and O–H groups in total. The number of aromatic nitrogens is 3. The first kappa shape index (κ1) is 22.2. The Kier molecular flexibility index (Phi) is 6.22. The largest absolute Gasteiger partial charge is 0.493 e. The van der Waals surface area contributed by atoms with Crippen molar-refractivity contribution in [3.05, 3.63) is 53.5 Å². The highest BCUT2D eigenvalue weighted by atomic mass is 32.1. The normalized spacial score (nSPS) is 10.7. The number of methoxy groups -OCH3 is 3. The lowest BCUT2D eigenvalue weighted by atomic mass is 10.1. The maximum absolute atomic E-state index is 13.2. The van der Waals surface area contributed by atoms with E-state index >= 15 is 0 Å². The van der Waals surface area contributed by atoms with Gasteiger partial charge in [-0.2, -0.15) is 4.98 Å². The number of nitrogens with one attached hydrogen (secondary N) is 1. The van der Waals surface area contributed by atoms with Crippen LogP contribution >= 0.6 is 11.3 Å². The lowest BCUT2D eigenvalue weighted by molar-refractivity contribution is 0.102. The number of rotatable bonds is 7. The standard InChI is InChI=1S/C22H19FN4O5S/c1-11-18(21-25-19(27-32-21)12-5-7-14(23)8-6-12)33-22(24-11)26-20(28)13-9-15(29-2)17(31-4)16(10-13)30-3/h5-10H,1-4H3,(H,24,26,28). The molecule has 9 nitrogen and oxygen atoms in total. The molecular weight excluding hydrogens is 451 g/mol. The highest BCUT2D eigenvalue weighted by Gasteiger charge is 2.21. The van der Waals surface area contributed by atoms with Gasteiger partial charge in [-0.1, -0.05) is 16.5 Å². The first-order chi connectivity index (χ1) is 15.9. The molecule has 2 aromatic heterocycles. The van der Waals surface area contributed by atoms with Gasteiger partial charge < -0.3 is 18.7 Å². The molecule has 4 rings (SSSR count). The number of hydrogen-bond acceptors (Lipinski definition) is 9. The summed E-state index contributed by atoms with van der Waals surface area (Å²) in [6, 6.07) is 8.86. The van der Waals surface area contributed by atoms with Crippen LogP contribution in [0.3, 0.4) is 0 Å². The van der Waals surface area contributed by atoms with Crippen LogP contribution in [0.5, 0.6) is 17.2 Å². The van der Waals surface area contributed by atoms with Crippen molar-refractivity contribution in [3.63, 3.8) is 0 Å². The molecule has 0 aliphatic carbocycles. The zero-order valence-corrected chi connectivity index (χ0v) is 18.9. The Morgan fingerprint density at radius 3 is 2.30 bits per heavy atom. The Hall–Kier alpha value is -3.99. The van der Waals surface area contributed by atoms with Gasteiger partial charge in [0, 0.05) is 11.1 Å². The van der Waals surface area contributed by atoms with E-state index < -0.39 is 5.91 Å².